The molecule has 0 bridgehead atoms. The zero-order valence-corrected chi connectivity index (χ0v) is 10.1. The maximum atomic E-state index is 9.73. The fourth-order valence-corrected chi connectivity index (χ4v) is 2.40. The van der Waals surface area contributed by atoms with Crippen LogP contribution < -0.4 is 0 Å². The average Bonchev–Trinajstić information content (AvgIpc) is 2.26. The highest BCUT2D eigenvalue weighted by molar-refractivity contribution is 4.88. The van der Waals surface area contributed by atoms with Gasteiger partial charge in [0.1, 0.15) is 0 Å². The first-order valence-corrected chi connectivity index (χ1v) is 5.41. The number of rotatable bonds is 3. The van der Waals surface area contributed by atoms with Gasteiger partial charge in [0.05, 0.1) is 5.60 Å². The third-order valence-electron chi connectivity index (χ3n) is 2.92. The molecule has 0 radical (unpaired) electrons. The lowest BCUT2D eigenvalue weighted by Gasteiger charge is -2.26. The van der Waals surface area contributed by atoms with E-state index >= 15 is 0 Å². The second-order valence-electron chi connectivity index (χ2n) is 5.51. The molecule has 1 heterocycles. The number of β-amino-alcohol motifs (C(OH)–C–C–N with tert-alkyl or cyclic N) is 1. The van der Waals surface area contributed by atoms with Gasteiger partial charge < -0.3 is 10.0 Å². The molecule has 14 heavy (non-hydrogen) atoms. The Balaban J connectivity index is 2.47. The van der Waals surface area contributed by atoms with E-state index in [-0.39, 0.29) is 0 Å². The molecular formula is C11H24N2O. The fourth-order valence-electron chi connectivity index (χ4n) is 2.40. The van der Waals surface area contributed by atoms with Crippen molar-refractivity contribution >= 4 is 0 Å². The molecule has 1 saturated heterocycles. The van der Waals surface area contributed by atoms with Crippen LogP contribution in [0.25, 0.3) is 0 Å². The van der Waals surface area contributed by atoms with Gasteiger partial charge in [-0.25, -0.2) is 0 Å². The van der Waals surface area contributed by atoms with Gasteiger partial charge in [-0.15, -0.1) is 0 Å². The molecule has 1 aliphatic rings. The Hall–Kier alpha value is -0.120. The van der Waals surface area contributed by atoms with Crippen LogP contribution in [0.1, 0.15) is 20.8 Å². The fraction of sp³-hybridized carbons (Fsp3) is 1.00. The van der Waals surface area contributed by atoms with Gasteiger partial charge >= 0.3 is 0 Å². The molecule has 2 atom stereocenters. The van der Waals surface area contributed by atoms with Crippen molar-refractivity contribution in [3.05, 3.63) is 0 Å². The number of hydrogen-bond donors (Lipinski definition) is 1. The normalized spacial score (nSPS) is 30.2. The SMILES string of the molecule is CC1CN(CC(C)(C)O)CC1N(C)C. The van der Waals surface area contributed by atoms with Crippen molar-refractivity contribution in [2.75, 3.05) is 33.7 Å². The van der Waals surface area contributed by atoms with Gasteiger partial charge in [-0.05, 0) is 33.9 Å². The summed E-state index contributed by atoms with van der Waals surface area (Å²) in [5.41, 5.74) is -0.569. The van der Waals surface area contributed by atoms with Crippen LogP contribution >= 0.6 is 0 Å². The standard InChI is InChI=1S/C11H24N2O/c1-9-6-13(8-11(2,3)14)7-10(9)12(4)5/h9-10,14H,6-8H2,1-5H3. The van der Waals surface area contributed by atoms with E-state index in [0.29, 0.717) is 12.0 Å². The van der Waals surface area contributed by atoms with Gasteiger partial charge in [0.25, 0.3) is 0 Å². The first-order valence-electron chi connectivity index (χ1n) is 5.41. The Morgan fingerprint density at radius 1 is 1.36 bits per heavy atom. The lowest BCUT2D eigenvalue weighted by molar-refractivity contribution is 0.0417. The van der Waals surface area contributed by atoms with Crippen LogP contribution in [0.3, 0.4) is 0 Å². The van der Waals surface area contributed by atoms with Crippen molar-refractivity contribution in [3.63, 3.8) is 0 Å². The third-order valence-corrected chi connectivity index (χ3v) is 2.92. The Morgan fingerprint density at radius 3 is 2.29 bits per heavy atom. The van der Waals surface area contributed by atoms with Crippen LogP contribution in [0.5, 0.6) is 0 Å². The van der Waals surface area contributed by atoms with E-state index < -0.39 is 5.60 Å². The molecule has 1 N–H and O–H groups in total. The van der Waals surface area contributed by atoms with E-state index in [1.807, 2.05) is 13.8 Å². The summed E-state index contributed by atoms with van der Waals surface area (Å²) in [4.78, 5) is 4.64. The van der Waals surface area contributed by atoms with E-state index in [2.05, 4.69) is 30.8 Å². The molecule has 84 valence electrons. The molecule has 1 fully saturated rings. The van der Waals surface area contributed by atoms with Crippen LogP contribution in [0.4, 0.5) is 0 Å². The first kappa shape index (κ1) is 12.0. The summed E-state index contributed by atoms with van der Waals surface area (Å²) >= 11 is 0. The Kier molecular flexibility index (Phi) is 3.56. The maximum absolute atomic E-state index is 9.73. The highest BCUT2D eigenvalue weighted by Gasteiger charge is 2.32. The third kappa shape index (κ3) is 3.23. The Bertz CT molecular complexity index is 186. The summed E-state index contributed by atoms with van der Waals surface area (Å²) in [6.45, 7) is 9.00. The molecule has 2 unspecified atom stereocenters. The second-order valence-corrected chi connectivity index (χ2v) is 5.51. The number of likely N-dealkylation sites (tertiary alicyclic amines) is 1. The van der Waals surface area contributed by atoms with Gasteiger partial charge in [-0.3, -0.25) is 4.90 Å². The van der Waals surface area contributed by atoms with E-state index in [4.69, 9.17) is 0 Å². The zero-order valence-electron chi connectivity index (χ0n) is 10.1. The lowest BCUT2D eigenvalue weighted by atomic mass is 10.1. The predicted molar refractivity (Wildman–Crippen MR) is 59.4 cm³/mol. The molecule has 0 amide bonds. The van der Waals surface area contributed by atoms with E-state index in [9.17, 15) is 5.11 Å². The largest absolute Gasteiger partial charge is 0.389 e. The summed E-state index contributed by atoms with van der Waals surface area (Å²) in [5, 5.41) is 9.73. The number of hydrogen-bond acceptors (Lipinski definition) is 3. The number of aliphatic hydroxyl groups is 1. The van der Waals surface area contributed by atoms with Gasteiger partial charge in [-0.2, -0.15) is 0 Å². The van der Waals surface area contributed by atoms with Crippen molar-refractivity contribution in [1.82, 2.24) is 9.80 Å². The molecular weight excluding hydrogens is 176 g/mol. The minimum atomic E-state index is -0.569. The number of nitrogens with zero attached hydrogens (tertiary/aromatic N) is 2. The van der Waals surface area contributed by atoms with E-state index in [1.54, 1.807) is 0 Å². The molecule has 3 heteroatoms. The average molecular weight is 200 g/mol. The number of likely N-dealkylation sites (N-methyl/N-ethyl adjacent to an activating group) is 1. The molecule has 0 aromatic rings. The molecule has 0 aromatic heterocycles. The van der Waals surface area contributed by atoms with Crippen molar-refractivity contribution in [3.8, 4) is 0 Å². The van der Waals surface area contributed by atoms with Crippen molar-refractivity contribution in [2.45, 2.75) is 32.4 Å². The molecule has 1 aliphatic heterocycles. The van der Waals surface area contributed by atoms with Gasteiger partial charge in [0, 0.05) is 25.7 Å². The van der Waals surface area contributed by atoms with Crippen LogP contribution in [-0.2, 0) is 0 Å². The Labute approximate surface area is 87.7 Å². The summed E-state index contributed by atoms with van der Waals surface area (Å²) < 4.78 is 0. The molecule has 0 saturated carbocycles. The minimum absolute atomic E-state index is 0.569. The summed E-state index contributed by atoms with van der Waals surface area (Å²) in [5.74, 6) is 0.701. The maximum Gasteiger partial charge on any atom is 0.0718 e. The predicted octanol–water partition coefficient (Wildman–Crippen LogP) is 0.639. The van der Waals surface area contributed by atoms with E-state index in [1.165, 1.54) is 0 Å². The highest BCUT2D eigenvalue weighted by atomic mass is 16.3. The van der Waals surface area contributed by atoms with Gasteiger partial charge in [0.2, 0.25) is 0 Å². The summed E-state index contributed by atoms with van der Waals surface area (Å²) in [7, 11) is 4.27. The topological polar surface area (TPSA) is 26.7 Å². The van der Waals surface area contributed by atoms with Crippen LogP contribution in [0.15, 0.2) is 0 Å². The van der Waals surface area contributed by atoms with Gasteiger partial charge in [-0.1, -0.05) is 6.92 Å². The quantitative estimate of drug-likeness (QED) is 0.724. The minimum Gasteiger partial charge on any atom is -0.389 e. The first-order chi connectivity index (χ1) is 6.29. The Morgan fingerprint density at radius 2 is 1.93 bits per heavy atom. The summed E-state index contributed by atoms with van der Waals surface area (Å²) in [6, 6.07) is 0.636. The lowest BCUT2D eigenvalue weighted by Crippen LogP contribution is -2.39. The van der Waals surface area contributed by atoms with Crippen molar-refractivity contribution in [1.29, 1.82) is 0 Å². The monoisotopic (exact) mass is 200 g/mol. The molecule has 0 spiro atoms. The molecule has 1 rings (SSSR count). The van der Waals surface area contributed by atoms with Gasteiger partial charge in [0.15, 0.2) is 0 Å². The van der Waals surface area contributed by atoms with Crippen molar-refractivity contribution in [2.24, 2.45) is 5.92 Å². The van der Waals surface area contributed by atoms with E-state index in [0.717, 1.165) is 19.6 Å². The van der Waals surface area contributed by atoms with Crippen LogP contribution in [0.2, 0.25) is 0 Å². The zero-order chi connectivity index (χ0) is 10.9. The molecule has 0 aliphatic carbocycles. The van der Waals surface area contributed by atoms with Crippen LogP contribution in [-0.4, -0.2) is 60.3 Å². The highest BCUT2D eigenvalue weighted by Crippen LogP contribution is 2.21. The molecule has 3 nitrogen and oxygen atoms in total. The molecule has 0 aromatic carbocycles. The summed E-state index contributed by atoms with van der Waals surface area (Å²) in [6.07, 6.45) is 0. The van der Waals surface area contributed by atoms with Crippen LogP contribution in [0, 0.1) is 5.92 Å². The second kappa shape index (κ2) is 4.17. The smallest absolute Gasteiger partial charge is 0.0718 e. The van der Waals surface area contributed by atoms with Crippen molar-refractivity contribution < 1.29 is 5.11 Å².